The molecule has 0 saturated carbocycles. The lowest BCUT2D eigenvalue weighted by atomic mass is 10.1. The van der Waals surface area contributed by atoms with E-state index >= 15 is 0 Å². The highest BCUT2D eigenvalue weighted by molar-refractivity contribution is 7.97. The lowest BCUT2D eigenvalue weighted by molar-refractivity contribution is 1.21. The van der Waals surface area contributed by atoms with Crippen LogP contribution in [0, 0.1) is 0 Å². The molecule has 1 aliphatic rings. The van der Waals surface area contributed by atoms with Gasteiger partial charge in [-0.05, 0) is 30.2 Å². The predicted octanol–water partition coefficient (Wildman–Crippen LogP) is 2.21. The maximum atomic E-state index is 4.21. The first-order valence-corrected chi connectivity index (χ1v) is 5.08. The molecule has 2 heterocycles. The molecule has 0 radical (unpaired) electrons. The van der Waals surface area contributed by atoms with Crippen molar-refractivity contribution in [2.75, 3.05) is 0 Å². The van der Waals surface area contributed by atoms with E-state index in [1.165, 1.54) is 10.5 Å². The first-order chi connectivity index (χ1) is 6.95. The van der Waals surface area contributed by atoms with Crippen LogP contribution in [0.5, 0.6) is 0 Å². The highest BCUT2D eigenvalue weighted by Gasteiger charge is 2.08. The molecule has 3 nitrogen and oxygen atoms in total. The van der Waals surface area contributed by atoms with Crippen LogP contribution >= 0.6 is 11.9 Å². The smallest absolute Gasteiger partial charge is 0.116 e. The van der Waals surface area contributed by atoms with E-state index in [9.17, 15) is 0 Å². The lowest BCUT2D eigenvalue weighted by Gasteiger charge is -2.12. The molecule has 3 rings (SSSR count). The van der Waals surface area contributed by atoms with Crippen LogP contribution in [-0.4, -0.2) is 9.97 Å². The molecule has 1 aliphatic heterocycles. The minimum Gasteiger partial charge on any atom is -0.332 e. The molecule has 14 heavy (non-hydrogen) atoms. The Balaban J connectivity index is 2.42. The zero-order chi connectivity index (χ0) is 9.38. The predicted molar refractivity (Wildman–Crippen MR) is 57.6 cm³/mol. The number of hydrogen-bond donors (Lipinski definition) is 1. The van der Waals surface area contributed by atoms with Gasteiger partial charge in [0.15, 0.2) is 0 Å². The van der Waals surface area contributed by atoms with Gasteiger partial charge in [0.25, 0.3) is 0 Å². The third-order valence-corrected chi connectivity index (χ3v) is 3.01. The topological polar surface area (TPSA) is 37.8 Å². The van der Waals surface area contributed by atoms with Gasteiger partial charge in [-0.25, -0.2) is 9.97 Å². The van der Waals surface area contributed by atoms with E-state index < -0.39 is 0 Å². The lowest BCUT2D eigenvalue weighted by Crippen LogP contribution is -1.98. The number of hydrogen-bond acceptors (Lipinski definition) is 4. The first-order valence-electron chi connectivity index (χ1n) is 4.27. The van der Waals surface area contributed by atoms with E-state index in [1.54, 1.807) is 18.3 Å². The minimum atomic E-state index is 0.992. The van der Waals surface area contributed by atoms with Crippen LogP contribution in [0.1, 0.15) is 5.56 Å². The van der Waals surface area contributed by atoms with Gasteiger partial charge in [0.1, 0.15) is 6.33 Å². The van der Waals surface area contributed by atoms with Crippen molar-refractivity contribution in [3.05, 3.63) is 36.4 Å². The van der Waals surface area contributed by atoms with Gasteiger partial charge in [0.2, 0.25) is 0 Å². The fraction of sp³-hybridized carbons (Fsp3) is 0. The van der Waals surface area contributed by atoms with E-state index in [0.717, 1.165) is 10.9 Å². The Morgan fingerprint density at radius 1 is 1.29 bits per heavy atom. The van der Waals surface area contributed by atoms with E-state index in [4.69, 9.17) is 0 Å². The van der Waals surface area contributed by atoms with Gasteiger partial charge >= 0.3 is 0 Å². The summed E-state index contributed by atoms with van der Waals surface area (Å²) >= 11 is 1.61. The third-order valence-electron chi connectivity index (χ3n) is 2.18. The maximum absolute atomic E-state index is 4.21. The summed E-state index contributed by atoms with van der Waals surface area (Å²) in [5.74, 6) is 0. The molecule has 0 bridgehead atoms. The highest BCUT2D eigenvalue weighted by atomic mass is 32.2. The number of benzene rings is 1. The molecule has 0 aliphatic carbocycles. The van der Waals surface area contributed by atoms with Crippen LogP contribution in [0.2, 0.25) is 0 Å². The molecule has 0 saturated heterocycles. The maximum Gasteiger partial charge on any atom is 0.116 e. The molecule has 68 valence electrons. The van der Waals surface area contributed by atoms with Gasteiger partial charge in [-0.15, -0.1) is 0 Å². The van der Waals surface area contributed by atoms with Crippen molar-refractivity contribution in [1.82, 2.24) is 14.7 Å². The Hall–Kier alpha value is -1.55. The van der Waals surface area contributed by atoms with Crippen molar-refractivity contribution in [2.45, 2.75) is 4.90 Å². The van der Waals surface area contributed by atoms with Crippen molar-refractivity contribution >= 4 is 28.9 Å². The monoisotopic (exact) mass is 201 g/mol. The van der Waals surface area contributed by atoms with Gasteiger partial charge < -0.3 is 4.72 Å². The molecule has 0 amide bonds. The fourth-order valence-corrected chi connectivity index (χ4v) is 2.22. The quantitative estimate of drug-likeness (QED) is 0.663. The summed E-state index contributed by atoms with van der Waals surface area (Å²) in [6.45, 7) is 0. The summed E-state index contributed by atoms with van der Waals surface area (Å²) in [5.41, 5.74) is 2.19. The van der Waals surface area contributed by atoms with Crippen LogP contribution in [0.4, 0.5) is 0 Å². The molecule has 0 fully saturated rings. The van der Waals surface area contributed by atoms with Gasteiger partial charge in [-0.1, -0.05) is 0 Å². The van der Waals surface area contributed by atoms with Crippen molar-refractivity contribution in [2.24, 2.45) is 0 Å². The highest BCUT2D eigenvalue weighted by Crippen LogP contribution is 2.30. The van der Waals surface area contributed by atoms with E-state index in [0.29, 0.717) is 0 Å². The molecular weight excluding hydrogens is 194 g/mol. The summed E-state index contributed by atoms with van der Waals surface area (Å²) in [4.78, 5) is 9.48. The zero-order valence-electron chi connectivity index (χ0n) is 7.27. The molecule has 0 atom stereocenters. The number of fused-ring (bicyclic) bond motifs is 3. The standard InChI is InChI=1S/C10H7N3S/c1-2-10-7(3-4-13-14-10)8-5-11-6-12-9(1)8/h1-6,13H. The summed E-state index contributed by atoms with van der Waals surface area (Å²) in [5, 5.41) is 1.11. The largest absolute Gasteiger partial charge is 0.332 e. The number of nitrogens with zero attached hydrogens (tertiary/aromatic N) is 2. The molecule has 4 heteroatoms. The number of nitrogens with one attached hydrogen (secondary N) is 1. The average molecular weight is 201 g/mol. The molecule has 2 aromatic rings. The second-order valence-electron chi connectivity index (χ2n) is 2.99. The Bertz CT molecular complexity index is 522. The summed E-state index contributed by atoms with van der Waals surface area (Å²) in [6.07, 6.45) is 7.42. The van der Waals surface area contributed by atoms with Crippen molar-refractivity contribution in [3.63, 3.8) is 0 Å². The van der Waals surface area contributed by atoms with Crippen molar-refractivity contribution < 1.29 is 0 Å². The second kappa shape index (κ2) is 2.99. The Morgan fingerprint density at radius 3 is 3.29 bits per heavy atom. The Kier molecular flexibility index (Phi) is 1.67. The Labute approximate surface area is 85.4 Å². The van der Waals surface area contributed by atoms with Crippen LogP contribution in [0.15, 0.2) is 35.8 Å². The summed E-state index contributed by atoms with van der Waals surface area (Å²) in [7, 11) is 0. The molecule has 1 N–H and O–H groups in total. The van der Waals surface area contributed by atoms with E-state index in [2.05, 4.69) is 26.8 Å². The Morgan fingerprint density at radius 2 is 2.29 bits per heavy atom. The van der Waals surface area contributed by atoms with Gasteiger partial charge in [-0.3, -0.25) is 0 Å². The van der Waals surface area contributed by atoms with E-state index in [-0.39, 0.29) is 0 Å². The molecular formula is C10H7N3S. The van der Waals surface area contributed by atoms with Crippen LogP contribution in [0.25, 0.3) is 17.0 Å². The fourth-order valence-electron chi connectivity index (χ4n) is 1.53. The molecule has 0 unspecified atom stereocenters. The van der Waals surface area contributed by atoms with Gasteiger partial charge in [-0.2, -0.15) is 0 Å². The van der Waals surface area contributed by atoms with Crippen molar-refractivity contribution in [3.8, 4) is 0 Å². The minimum absolute atomic E-state index is 0.992. The average Bonchev–Trinajstić information content (AvgIpc) is 2.29. The normalized spacial score (nSPS) is 13.7. The van der Waals surface area contributed by atoms with Crippen LogP contribution in [-0.2, 0) is 0 Å². The van der Waals surface area contributed by atoms with Crippen LogP contribution in [0.3, 0.4) is 0 Å². The number of rotatable bonds is 0. The van der Waals surface area contributed by atoms with Crippen molar-refractivity contribution in [1.29, 1.82) is 0 Å². The number of aromatic nitrogens is 2. The SMILES string of the molecule is C1=Cc2c(ccc3ncncc23)SN1. The zero-order valence-corrected chi connectivity index (χ0v) is 8.08. The summed E-state index contributed by atoms with van der Waals surface area (Å²) in [6, 6.07) is 4.09. The summed E-state index contributed by atoms with van der Waals surface area (Å²) < 4.78 is 3.10. The third kappa shape index (κ3) is 1.08. The molecule has 1 aromatic heterocycles. The molecule has 1 aromatic carbocycles. The van der Waals surface area contributed by atoms with E-state index in [1.807, 2.05) is 18.5 Å². The van der Waals surface area contributed by atoms with Gasteiger partial charge in [0.05, 0.1) is 5.52 Å². The molecule has 0 spiro atoms. The van der Waals surface area contributed by atoms with Crippen LogP contribution < -0.4 is 4.72 Å². The second-order valence-corrected chi connectivity index (χ2v) is 3.87. The van der Waals surface area contributed by atoms with Gasteiger partial charge in [0, 0.05) is 28.2 Å². The first kappa shape index (κ1) is 7.82.